The van der Waals surface area contributed by atoms with Crippen molar-refractivity contribution in [2.24, 2.45) is 4.99 Å². The van der Waals surface area contributed by atoms with Crippen LogP contribution in [0.5, 0.6) is 0 Å². The van der Waals surface area contributed by atoms with Crippen LogP contribution in [-0.4, -0.2) is 44.3 Å². The lowest BCUT2D eigenvalue weighted by molar-refractivity contribution is -0.176. The van der Waals surface area contributed by atoms with Crippen LogP contribution >= 0.6 is 11.8 Å². The fourth-order valence-corrected chi connectivity index (χ4v) is 2.02. The SMILES string of the molecule is CN=C(NCCSC)NCc1ccc(COCC(F)(F)F)cc1. The number of benzene rings is 1. The van der Waals surface area contributed by atoms with Gasteiger partial charge in [-0.3, -0.25) is 4.99 Å². The van der Waals surface area contributed by atoms with Crippen molar-refractivity contribution < 1.29 is 17.9 Å². The number of alkyl halides is 3. The van der Waals surface area contributed by atoms with E-state index in [0.29, 0.717) is 12.1 Å². The smallest absolute Gasteiger partial charge is 0.367 e. The maximum absolute atomic E-state index is 12.0. The predicted octanol–water partition coefficient (Wildman–Crippen LogP) is 2.79. The maximum atomic E-state index is 12.0. The minimum absolute atomic E-state index is 0.0505. The summed E-state index contributed by atoms with van der Waals surface area (Å²) >= 11 is 1.75. The van der Waals surface area contributed by atoms with Crippen LogP contribution < -0.4 is 10.6 Å². The Hall–Kier alpha value is -1.41. The van der Waals surface area contributed by atoms with Crippen LogP contribution in [0.3, 0.4) is 0 Å². The molecule has 8 heteroatoms. The van der Waals surface area contributed by atoms with E-state index in [0.717, 1.165) is 23.8 Å². The Kier molecular flexibility index (Phi) is 8.86. The largest absolute Gasteiger partial charge is 0.411 e. The first-order chi connectivity index (χ1) is 10.9. The third-order valence-corrected chi connectivity index (χ3v) is 3.45. The standard InChI is InChI=1S/C15H22F3N3OS/c1-19-14(20-7-8-23-2)21-9-12-3-5-13(6-4-12)10-22-11-15(16,17)18/h3-6H,7-11H2,1-2H3,(H2,19,20,21). The molecule has 0 radical (unpaired) electrons. The molecule has 2 N–H and O–H groups in total. The first kappa shape index (κ1) is 19.6. The molecule has 1 rings (SSSR count). The van der Waals surface area contributed by atoms with Gasteiger partial charge in [-0.05, 0) is 17.4 Å². The summed E-state index contributed by atoms with van der Waals surface area (Å²) in [6.45, 7) is 0.137. The average molecular weight is 349 g/mol. The zero-order valence-electron chi connectivity index (χ0n) is 13.2. The van der Waals surface area contributed by atoms with Crippen molar-refractivity contribution >= 4 is 17.7 Å². The summed E-state index contributed by atoms with van der Waals surface area (Å²) in [6.07, 6.45) is -2.25. The third kappa shape index (κ3) is 9.35. The van der Waals surface area contributed by atoms with Crippen molar-refractivity contribution in [2.45, 2.75) is 19.3 Å². The molecule has 0 fully saturated rings. The summed E-state index contributed by atoms with van der Waals surface area (Å²) in [6, 6.07) is 7.23. The molecule has 0 spiro atoms. The van der Waals surface area contributed by atoms with Gasteiger partial charge in [0.15, 0.2) is 5.96 Å². The van der Waals surface area contributed by atoms with Crippen LogP contribution in [0.4, 0.5) is 13.2 Å². The Labute approximate surface area is 138 Å². The molecule has 0 aliphatic carbocycles. The number of ether oxygens (including phenoxy) is 1. The summed E-state index contributed by atoms with van der Waals surface area (Å²) in [4.78, 5) is 4.11. The van der Waals surface area contributed by atoms with Crippen LogP contribution in [-0.2, 0) is 17.9 Å². The maximum Gasteiger partial charge on any atom is 0.411 e. The van der Waals surface area contributed by atoms with Gasteiger partial charge in [-0.15, -0.1) is 0 Å². The van der Waals surface area contributed by atoms with Crippen molar-refractivity contribution in [2.75, 3.05) is 32.2 Å². The zero-order chi connectivity index (χ0) is 17.1. The number of hydrogen-bond acceptors (Lipinski definition) is 3. The zero-order valence-corrected chi connectivity index (χ0v) is 14.1. The number of guanidine groups is 1. The second-order valence-electron chi connectivity index (χ2n) is 4.77. The molecule has 0 unspecified atom stereocenters. The van der Waals surface area contributed by atoms with Crippen molar-refractivity contribution in [1.82, 2.24) is 10.6 Å². The Morgan fingerprint density at radius 1 is 1.17 bits per heavy atom. The van der Waals surface area contributed by atoms with Gasteiger partial charge >= 0.3 is 6.18 Å². The lowest BCUT2D eigenvalue weighted by Gasteiger charge is -2.12. The molecule has 0 atom stereocenters. The number of halogens is 3. The average Bonchev–Trinajstić information content (AvgIpc) is 2.51. The predicted molar refractivity (Wildman–Crippen MR) is 88.7 cm³/mol. The van der Waals surface area contributed by atoms with E-state index in [1.54, 1.807) is 30.9 Å². The Bertz CT molecular complexity index is 478. The summed E-state index contributed by atoms with van der Waals surface area (Å²) in [5, 5.41) is 6.36. The quantitative estimate of drug-likeness (QED) is 0.430. The van der Waals surface area contributed by atoms with Crippen molar-refractivity contribution in [3.63, 3.8) is 0 Å². The molecule has 130 valence electrons. The molecule has 0 saturated carbocycles. The van der Waals surface area contributed by atoms with E-state index in [1.807, 2.05) is 18.4 Å². The highest BCUT2D eigenvalue weighted by atomic mass is 32.2. The Morgan fingerprint density at radius 2 is 1.83 bits per heavy atom. The molecule has 0 bridgehead atoms. The monoisotopic (exact) mass is 349 g/mol. The fraction of sp³-hybridized carbons (Fsp3) is 0.533. The molecule has 23 heavy (non-hydrogen) atoms. The van der Waals surface area contributed by atoms with Crippen molar-refractivity contribution in [3.8, 4) is 0 Å². The molecule has 0 heterocycles. The first-order valence-corrected chi connectivity index (χ1v) is 8.50. The molecule has 1 aromatic rings. The summed E-state index contributed by atoms with van der Waals surface area (Å²) < 4.78 is 40.6. The molecular weight excluding hydrogens is 327 g/mol. The number of nitrogens with zero attached hydrogens (tertiary/aromatic N) is 1. The summed E-state index contributed by atoms with van der Waals surface area (Å²) in [5.41, 5.74) is 1.72. The lowest BCUT2D eigenvalue weighted by Crippen LogP contribution is -2.37. The van der Waals surface area contributed by atoms with Crippen LogP contribution in [0.25, 0.3) is 0 Å². The summed E-state index contributed by atoms with van der Waals surface area (Å²) in [5.74, 6) is 1.71. The molecule has 1 aromatic carbocycles. The molecule has 0 amide bonds. The minimum atomic E-state index is -4.29. The van der Waals surface area contributed by atoms with Gasteiger partial charge < -0.3 is 15.4 Å². The number of hydrogen-bond donors (Lipinski definition) is 2. The van der Waals surface area contributed by atoms with Crippen LogP contribution in [0.1, 0.15) is 11.1 Å². The van der Waals surface area contributed by atoms with Gasteiger partial charge in [0.25, 0.3) is 0 Å². The first-order valence-electron chi connectivity index (χ1n) is 7.10. The van der Waals surface area contributed by atoms with Crippen LogP contribution in [0, 0.1) is 0 Å². The van der Waals surface area contributed by atoms with E-state index in [-0.39, 0.29) is 6.61 Å². The van der Waals surface area contributed by atoms with Crippen molar-refractivity contribution in [3.05, 3.63) is 35.4 Å². The van der Waals surface area contributed by atoms with E-state index < -0.39 is 12.8 Å². The van der Waals surface area contributed by atoms with E-state index in [2.05, 4.69) is 20.4 Å². The van der Waals surface area contributed by atoms with Gasteiger partial charge in [0.05, 0.1) is 6.61 Å². The minimum Gasteiger partial charge on any atom is -0.367 e. The van der Waals surface area contributed by atoms with Crippen LogP contribution in [0.2, 0.25) is 0 Å². The van der Waals surface area contributed by atoms with Gasteiger partial charge in [-0.1, -0.05) is 24.3 Å². The normalized spacial score (nSPS) is 12.3. The van der Waals surface area contributed by atoms with Gasteiger partial charge in [0, 0.05) is 25.9 Å². The summed E-state index contributed by atoms with van der Waals surface area (Å²) in [7, 11) is 1.70. The molecule has 4 nitrogen and oxygen atoms in total. The molecule has 0 aliphatic heterocycles. The van der Waals surface area contributed by atoms with E-state index >= 15 is 0 Å². The second kappa shape index (κ2) is 10.4. The van der Waals surface area contributed by atoms with E-state index in [1.165, 1.54) is 0 Å². The molecule has 0 aromatic heterocycles. The van der Waals surface area contributed by atoms with Crippen molar-refractivity contribution in [1.29, 1.82) is 0 Å². The van der Waals surface area contributed by atoms with E-state index in [4.69, 9.17) is 0 Å². The highest BCUT2D eigenvalue weighted by Gasteiger charge is 2.27. The molecule has 0 saturated heterocycles. The van der Waals surface area contributed by atoms with Gasteiger partial charge in [0.2, 0.25) is 0 Å². The van der Waals surface area contributed by atoms with Gasteiger partial charge in [-0.25, -0.2) is 0 Å². The number of nitrogens with one attached hydrogen (secondary N) is 2. The highest BCUT2D eigenvalue weighted by molar-refractivity contribution is 7.98. The lowest BCUT2D eigenvalue weighted by atomic mass is 10.1. The van der Waals surface area contributed by atoms with Crippen LogP contribution in [0.15, 0.2) is 29.3 Å². The van der Waals surface area contributed by atoms with Gasteiger partial charge in [-0.2, -0.15) is 24.9 Å². The molecule has 0 aliphatic rings. The second-order valence-corrected chi connectivity index (χ2v) is 5.76. The molecular formula is C15H22F3N3OS. The number of thioether (sulfide) groups is 1. The number of aliphatic imine (C=N–C) groups is 1. The fourth-order valence-electron chi connectivity index (χ4n) is 1.72. The highest BCUT2D eigenvalue weighted by Crippen LogP contribution is 2.15. The Balaban J connectivity index is 2.35. The number of rotatable bonds is 8. The topological polar surface area (TPSA) is 45.7 Å². The third-order valence-electron chi connectivity index (χ3n) is 2.84. The van der Waals surface area contributed by atoms with Gasteiger partial charge in [0.1, 0.15) is 6.61 Å². The van der Waals surface area contributed by atoms with E-state index in [9.17, 15) is 13.2 Å². The Morgan fingerprint density at radius 3 is 2.39 bits per heavy atom.